The normalized spacial score (nSPS) is 13.0. The number of fused-ring (bicyclic) bond motifs is 2. The first-order valence-corrected chi connectivity index (χ1v) is 11.3. The number of methoxy groups -OCH3 is 1. The van der Waals surface area contributed by atoms with Crippen molar-refractivity contribution in [2.45, 2.75) is 19.6 Å². The lowest BCUT2D eigenvalue weighted by molar-refractivity contribution is 0.285. The van der Waals surface area contributed by atoms with E-state index >= 15 is 0 Å². The standard InChI is InChI=1S/C28H25NO2S/c1-30-27-17-22(28(32)29-16-15-20-7-2-3-9-23(20)18-29)13-14-26(27)31-19-24-11-6-10-21-8-4-5-12-25(21)24/h2-14,17H,15-16,18-19H2,1H3. The molecule has 0 atom stereocenters. The van der Waals surface area contributed by atoms with Gasteiger partial charge in [0.15, 0.2) is 11.5 Å². The second-order valence-electron chi connectivity index (χ2n) is 8.04. The Morgan fingerprint density at radius 2 is 1.66 bits per heavy atom. The summed E-state index contributed by atoms with van der Waals surface area (Å²) in [5.74, 6) is 1.42. The third-order valence-corrected chi connectivity index (χ3v) is 6.59. The molecule has 0 aromatic heterocycles. The summed E-state index contributed by atoms with van der Waals surface area (Å²) in [6.07, 6.45) is 1.01. The maximum Gasteiger partial charge on any atom is 0.161 e. The van der Waals surface area contributed by atoms with E-state index in [-0.39, 0.29) is 0 Å². The van der Waals surface area contributed by atoms with E-state index in [1.54, 1.807) is 7.11 Å². The van der Waals surface area contributed by atoms with E-state index in [9.17, 15) is 0 Å². The van der Waals surface area contributed by atoms with Crippen molar-refractivity contribution >= 4 is 28.0 Å². The number of hydrogen-bond acceptors (Lipinski definition) is 3. The molecule has 0 N–H and O–H groups in total. The van der Waals surface area contributed by atoms with Crippen LogP contribution in [-0.4, -0.2) is 23.5 Å². The summed E-state index contributed by atoms with van der Waals surface area (Å²) in [4.78, 5) is 3.11. The summed E-state index contributed by atoms with van der Waals surface area (Å²) >= 11 is 5.84. The van der Waals surface area contributed by atoms with Crippen LogP contribution in [0.3, 0.4) is 0 Å². The zero-order valence-electron chi connectivity index (χ0n) is 18.1. The first-order chi connectivity index (χ1) is 15.7. The highest BCUT2D eigenvalue weighted by Crippen LogP contribution is 2.31. The summed E-state index contributed by atoms with van der Waals surface area (Å²) in [6.45, 7) is 2.25. The highest BCUT2D eigenvalue weighted by Gasteiger charge is 2.20. The Morgan fingerprint density at radius 1 is 0.875 bits per heavy atom. The third kappa shape index (κ3) is 4.06. The molecule has 160 valence electrons. The fourth-order valence-electron chi connectivity index (χ4n) is 4.35. The molecule has 0 saturated heterocycles. The maximum atomic E-state index is 6.17. The van der Waals surface area contributed by atoms with Crippen molar-refractivity contribution in [2.24, 2.45) is 0 Å². The van der Waals surface area contributed by atoms with Gasteiger partial charge in [0.2, 0.25) is 0 Å². The molecule has 0 unspecified atom stereocenters. The third-order valence-electron chi connectivity index (χ3n) is 6.09. The van der Waals surface area contributed by atoms with Gasteiger partial charge in [0, 0.05) is 18.7 Å². The van der Waals surface area contributed by atoms with E-state index in [0.29, 0.717) is 12.4 Å². The number of benzene rings is 4. The van der Waals surface area contributed by atoms with Crippen LogP contribution in [0, 0.1) is 0 Å². The molecule has 0 amide bonds. The first kappa shape index (κ1) is 20.5. The van der Waals surface area contributed by atoms with Gasteiger partial charge in [0.05, 0.1) is 7.11 Å². The van der Waals surface area contributed by atoms with Gasteiger partial charge in [-0.2, -0.15) is 0 Å². The molecule has 4 aromatic rings. The molecule has 0 bridgehead atoms. The fourth-order valence-corrected chi connectivity index (χ4v) is 4.63. The number of ether oxygens (including phenoxy) is 2. The lowest BCUT2D eigenvalue weighted by Crippen LogP contribution is -2.35. The van der Waals surface area contributed by atoms with Gasteiger partial charge >= 0.3 is 0 Å². The Balaban J connectivity index is 1.33. The van der Waals surface area contributed by atoms with E-state index in [0.717, 1.165) is 41.4 Å². The van der Waals surface area contributed by atoms with Gasteiger partial charge in [-0.1, -0.05) is 78.9 Å². The molecule has 0 aliphatic carbocycles. The van der Waals surface area contributed by atoms with E-state index in [1.165, 1.54) is 21.9 Å². The molecular weight excluding hydrogens is 414 g/mol. The second kappa shape index (κ2) is 9.01. The molecule has 4 heteroatoms. The minimum Gasteiger partial charge on any atom is -0.493 e. The quantitative estimate of drug-likeness (QED) is 0.347. The summed E-state index contributed by atoms with van der Waals surface area (Å²) < 4.78 is 11.8. The van der Waals surface area contributed by atoms with Gasteiger partial charge in [-0.3, -0.25) is 0 Å². The Bertz CT molecular complexity index is 1280. The zero-order chi connectivity index (χ0) is 21.9. The molecule has 5 rings (SSSR count). The van der Waals surface area contributed by atoms with Crippen molar-refractivity contribution < 1.29 is 9.47 Å². The molecule has 0 spiro atoms. The van der Waals surface area contributed by atoms with Crippen LogP contribution in [0.2, 0.25) is 0 Å². The molecule has 1 aliphatic rings. The summed E-state index contributed by atoms with van der Waals surface area (Å²) in [5, 5.41) is 2.42. The molecule has 1 aliphatic heterocycles. The average Bonchev–Trinajstić information content (AvgIpc) is 2.86. The van der Waals surface area contributed by atoms with Crippen molar-refractivity contribution in [3.8, 4) is 11.5 Å². The number of rotatable bonds is 5. The molecular formula is C28H25NO2S. The van der Waals surface area contributed by atoms with E-state index in [2.05, 4.69) is 71.6 Å². The predicted octanol–water partition coefficient (Wildman–Crippen LogP) is 6.16. The monoisotopic (exact) mass is 439 g/mol. The smallest absolute Gasteiger partial charge is 0.161 e. The fraction of sp³-hybridized carbons (Fsp3) is 0.179. The Hall–Kier alpha value is -3.37. The van der Waals surface area contributed by atoms with Crippen LogP contribution in [0.1, 0.15) is 22.3 Å². The molecule has 0 fully saturated rings. The topological polar surface area (TPSA) is 21.7 Å². The van der Waals surface area contributed by atoms with Gasteiger partial charge in [-0.05, 0) is 52.1 Å². The SMILES string of the molecule is COc1cc(C(=S)N2CCc3ccccc3C2)ccc1OCc1cccc2ccccc12. The minimum absolute atomic E-state index is 0.477. The Kier molecular flexibility index (Phi) is 5.78. The van der Waals surface area contributed by atoms with Crippen LogP contribution in [0.5, 0.6) is 11.5 Å². The van der Waals surface area contributed by atoms with E-state index < -0.39 is 0 Å². The lowest BCUT2D eigenvalue weighted by Gasteiger charge is -2.31. The number of hydrogen-bond donors (Lipinski definition) is 0. The molecule has 32 heavy (non-hydrogen) atoms. The van der Waals surface area contributed by atoms with Crippen molar-refractivity contribution in [2.75, 3.05) is 13.7 Å². The largest absolute Gasteiger partial charge is 0.493 e. The van der Waals surface area contributed by atoms with Crippen molar-refractivity contribution in [3.63, 3.8) is 0 Å². The molecule has 1 heterocycles. The van der Waals surface area contributed by atoms with E-state index in [4.69, 9.17) is 21.7 Å². The maximum absolute atomic E-state index is 6.17. The molecule has 0 radical (unpaired) electrons. The molecule has 3 nitrogen and oxygen atoms in total. The lowest BCUT2D eigenvalue weighted by atomic mass is 9.99. The van der Waals surface area contributed by atoms with Crippen LogP contribution in [0.15, 0.2) is 84.9 Å². The van der Waals surface area contributed by atoms with Crippen molar-refractivity contribution in [1.29, 1.82) is 0 Å². The Labute approximate surface area is 194 Å². The summed E-state index contributed by atoms with van der Waals surface area (Å²) in [6, 6.07) is 29.2. The average molecular weight is 440 g/mol. The van der Waals surface area contributed by atoms with Crippen molar-refractivity contribution in [1.82, 2.24) is 4.90 Å². The van der Waals surface area contributed by atoms with E-state index in [1.807, 2.05) is 18.2 Å². The molecule has 4 aromatic carbocycles. The van der Waals surface area contributed by atoms with Crippen LogP contribution in [0.4, 0.5) is 0 Å². The van der Waals surface area contributed by atoms with Gasteiger partial charge in [0.1, 0.15) is 11.6 Å². The van der Waals surface area contributed by atoms with Crippen LogP contribution >= 0.6 is 12.2 Å². The van der Waals surface area contributed by atoms with Crippen LogP contribution < -0.4 is 9.47 Å². The minimum atomic E-state index is 0.477. The number of nitrogens with zero attached hydrogens (tertiary/aromatic N) is 1. The van der Waals surface area contributed by atoms with Gasteiger partial charge in [-0.15, -0.1) is 0 Å². The highest BCUT2D eigenvalue weighted by molar-refractivity contribution is 7.80. The Morgan fingerprint density at radius 3 is 2.53 bits per heavy atom. The second-order valence-corrected chi connectivity index (χ2v) is 8.42. The van der Waals surface area contributed by atoms with Crippen LogP contribution in [0.25, 0.3) is 10.8 Å². The van der Waals surface area contributed by atoms with Crippen LogP contribution in [-0.2, 0) is 19.6 Å². The van der Waals surface area contributed by atoms with Crippen molar-refractivity contribution in [3.05, 3.63) is 107 Å². The van der Waals surface area contributed by atoms with Gasteiger partial charge in [0.25, 0.3) is 0 Å². The highest BCUT2D eigenvalue weighted by atomic mass is 32.1. The van der Waals surface area contributed by atoms with Gasteiger partial charge in [-0.25, -0.2) is 0 Å². The first-order valence-electron chi connectivity index (χ1n) is 10.9. The predicted molar refractivity (Wildman–Crippen MR) is 134 cm³/mol. The van der Waals surface area contributed by atoms with Gasteiger partial charge < -0.3 is 14.4 Å². The summed E-state index contributed by atoms with van der Waals surface area (Å²) in [5.41, 5.74) is 4.90. The summed E-state index contributed by atoms with van der Waals surface area (Å²) in [7, 11) is 1.67. The number of thiocarbonyl (C=S) groups is 1. The molecule has 0 saturated carbocycles. The zero-order valence-corrected chi connectivity index (χ0v) is 18.9.